The Balaban J connectivity index is 2.12. The summed E-state index contributed by atoms with van der Waals surface area (Å²) in [7, 11) is 0. The summed E-state index contributed by atoms with van der Waals surface area (Å²) in [6, 6.07) is 8.08. The number of aliphatic hydroxyl groups is 2. The van der Waals surface area contributed by atoms with Gasteiger partial charge in [-0.05, 0) is 24.3 Å². The molecule has 1 aliphatic heterocycles. The van der Waals surface area contributed by atoms with Crippen LogP contribution in [-0.2, 0) is 0 Å². The number of aliphatic hydroxyl groups excluding tert-OH is 2. The number of ether oxygens (including phenoxy) is 1. The van der Waals surface area contributed by atoms with E-state index in [2.05, 4.69) is 0 Å². The number of hydrogen-bond donors (Lipinski definition) is 5. The van der Waals surface area contributed by atoms with Crippen LogP contribution in [0.25, 0.3) is 5.76 Å². The largest absolute Gasteiger partial charge is 0.508 e. The first-order chi connectivity index (χ1) is 9.97. The number of aromatic hydroxyl groups is 3. The van der Waals surface area contributed by atoms with E-state index in [1.54, 1.807) is 0 Å². The molecule has 5 N–H and O–H groups in total. The van der Waals surface area contributed by atoms with Gasteiger partial charge in [0.25, 0.3) is 0 Å². The summed E-state index contributed by atoms with van der Waals surface area (Å²) in [5.74, 6) is -1.00. The minimum absolute atomic E-state index is 0.0139. The van der Waals surface area contributed by atoms with E-state index in [0.29, 0.717) is 5.56 Å². The molecule has 1 heterocycles. The lowest BCUT2D eigenvalue weighted by molar-refractivity contribution is 0.138. The van der Waals surface area contributed by atoms with Gasteiger partial charge in [0.05, 0.1) is 5.56 Å². The van der Waals surface area contributed by atoms with Crippen molar-refractivity contribution in [3.05, 3.63) is 53.3 Å². The second kappa shape index (κ2) is 4.60. The number of benzene rings is 2. The maximum absolute atomic E-state index is 10.1. The van der Waals surface area contributed by atoms with E-state index in [0.717, 1.165) is 6.07 Å². The number of phenolic OH excluding ortho intramolecular Hbond substituents is 3. The molecule has 2 aromatic carbocycles. The van der Waals surface area contributed by atoms with Gasteiger partial charge in [0.2, 0.25) is 0 Å². The molecular formula is C15H12O6. The molecule has 0 amide bonds. The molecule has 6 nitrogen and oxygen atoms in total. The van der Waals surface area contributed by atoms with Crippen LogP contribution in [0.4, 0.5) is 0 Å². The second-order valence-electron chi connectivity index (χ2n) is 4.64. The standard InChI is InChI=1S/C15H12O6/c16-8-3-1-7(2-4-8)15-14(20)13(19)12-10(18)5-9(17)6-11(12)21-15/h1-6,13,16-20H. The maximum Gasteiger partial charge on any atom is 0.175 e. The summed E-state index contributed by atoms with van der Waals surface area (Å²) in [6.07, 6.45) is -1.47. The molecule has 0 saturated heterocycles. The van der Waals surface area contributed by atoms with Gasteiger partial charge in [0, 0.05) is 17.7 Å². The van der Waals surface area contributed by atoms with Gasteiger partial charge in [-0.2, -0.15) is 0 Å². The fourth-order valence-corrected chi connectivity index (χ4v) is 2.20. The Morgan fingerprint density at radius 1 is 0.857 bits per heavy atom. The minimum Gasteiger partial charge on any atom is -0.508 e. The third-order valence-electron chi connectivity index (χ3n) is 3.21. The summed E-state index contributed by atoms with van der Waals surface area (Å²) in [5.41, 5.74) is 0.408. The predicted octanol–water partition coefficient (Wildman–Crippen LogP) is 2.16. The predicted molar refractivity (Wildman–Crippen MR) is 73.0 cm³/mol. The molecule has 0 fully saturated rings. The highest BCUT2D eigenvalue weighted by Gasteiger charge is 2.32. The third-order valence-corrected chi connectivity index (χ3v) is 3.21. The molecule has 0 spiro atoms. The summed E-state index contributed by atoms with van der Waals surface area (Å²) >= 11 is 0. The first-order valence-corrected chi connectivity index (χ1v) is 6.11. The van der Waals surface area contributed by atoms with E-state index >= 15 is 0 Å². The van der Waals surface area contributed by atoms with Gasteiger partial charge in [-0.3, -0.25) is 0 Å². The Labute approximate surface area is 119 Å². The first-order valence-electron chi connectivity index (χ1n) is 6.11. The van der Waals surface area contributed by atoms with Gasteiger partial charge in [0.15, 0.2) is 11.5 Å². The van der Waals surface area contributed by atoms with Crippen LogP contribution in [0.1, 0.15) is 17.2 Å². The van der Waals surface area contributed by atoms with Crippen molar-refractivity contribution in [1.29, 1.82) is 0 Å². The highest BCUT2D eigenvalue weighted by Crippen LogP contribution is 2.46. The summed E-state index contributed by atoms with van der Waals surface area (Å²) in [5, 5.41) is 48.7. The highest BCUT2D eigenvalue weighted by atomic mass is 16.5. The zero-order valence-corrected chi connectivity index (χ0v) is 10.7. The minimum atomic E-state index is -1.47. The van der Waals surface area contributed by atoms with Crippen molar-refractivity contribution >= 4 is 5.76 Å². The fourth-order valence-electron chi connectivity index (χ4n) is 2.20. The molecule has 21 heavy (non-hydrogen) atoms. The number of fused-ring (bicyclic) bond motifs is 1. The number of rotatable bonds is 1. The van der Waals surface area contributed by atoms with Crippen LogP contribution in [-0.4, -0.2) is 25.5 Å². The van der Waals surface area contributed by atoms with E-state index in [1.807, 2.05) is 0 Å². The lowest BCUT2D eigenvalue weighted by Gasteiger charge is -2.25. The Hall–Kier alpha value is -2.86. The van der Waals surface area contributed by atoms with Gasteiger partial charge in [0.1, 0.15) is 29.1 Å². The fraction of sp³-hybridized carbons (Fsp3) is 0.0667. The van der Waals surface area contributed by atoms with Gasteiger partial charge in [-0.25, -0.2) is 0 Å². The molecule has 1 unspecified atom stereocenters. The van der Waals surface area contributed by atoms with Crippen LogP contribution in [0.3, 0.4) is 0 Å². The quantitative estimate of drug-likeness (QED) is 0.550. The molecule has 0 radical (unpaired) electrons. The molecule has 1 atom stereocenters. The van der Waals surface area contributed by atoms with Crippen molar-refractivity contribution < 1.29 is 30.3 Å². The third kappa shape index (κ3) is 2.11. The Morgan fingerprint density at radius 2 is 1.52 bits per heavy atom. The van der Waals surface area contributed by atoms with Gasteiger partial charge in [-0.1, -0.05) is 0 Å². The zero-order valence-electron chi connectivity index (χ0n) is 10.7. The molecule has 108 valence electrons. The normalized spacial score (nSPS) is 17.3. The van der Waals surface area contributed by atoms with Gasteiger partial charge >= 0.3 is 0 Å². The van der Waals surface area contributed by atoms with Crippen molar-refractivity contribution in [1.82, 2.24) is 0 Å². The number of phenols is 3. The van der Waals surface area contributed by atoms with Crippen LogP contribution in [0.2, 0.25) is 0 Å². The van der Waals surface area contributed by atoms with E-state index < -0.39 is 11.9 Å². The monoisotopic (exact) mass is 288 g/mol. The van der Waals surface area contributed by atoms with E-state index in [1.165, 1.54) is 30.3 Å². The lowest BCUT2D eigenvalue weighted by Crippen LogP contribution is -2.15. The zero-order chi connectivity index (χ0) is 15.1. The first kappa shape index (κ1) is 13.1. The SMILES string of the molecule is OC1=C(c2ccc(O)cc2)Oc2cc(O)cc(O)c2C1O. The van der Waals surface area contributed by atoms with E-state index in [4.69, 9.17) is 4.74 Å². The van der Waals surface area contributed by atoms with Crippen LogP contribution in [0.5, 0.6) is 23.0 Å². The van der Waals surface area contributed by atoms with Crippen molar-refractivity contribution in [3.8, 4) is 23.0 Å². The summed E-state index contributed by atoms with van der Waals surface area (Å²) < 4.78 is 5.47. The summed E-state index contributed by atoms with van der Waals surface area (Å²) in [4.78, 5) is 0. The Morgan fingerprint density at radius 3 is 2.19 bits per heavy atom. The molecule has 6 heteroatoms. The average Bonchev–Trinajstić information content (AvgIpc) is 2.43. The molecule has 0 aliphatic carbocycles. The average molecular weight is 288 g/mol. The number of hydrogen-bond acceptors (Lipinski definition) is 6. The Bertz CT molecular complexity index is 733. The topological polar surface area (TPSA) is 110 Å². The molecule has 0 aromatic heterocycles. The second-order valence-corrected chi connectivity index (χ2v) is 4.64. The molecule has 3 rings (SSSR count). The van der Waals surface area contributed by atoms with Crippen molar-refractivity contribution in [2.45, 2.75) is 6.10 Å². The van der Waals surface area contributed by atoms with Gasteiger partial charge < -0.3 is 30.3 Å². The van der Waals surface area contributed by atoms with Crippen LogP contribution < -0.4 is 4.74 Å². The van der Waals surface area contributed by atoms with E-state index in [-0.39, 0.29) is 34.3 Å². The lowest BCUT2D eigenvalue weighted by atomic mass is 9.99. The molecule has 0 saturated carbocycles. The Kier molecular flexibility index (Phi) is 2.88. The van der Waals surface area contributed by atoms with Crippen LogP contribution in [0, 0.1) is 0 Å². The highest BCUT2D eigenvalue weighted by molar-refractivity contribution is 5.70. The van der Waals surface area contributed by atoms with Gasteiger partial charge in [-0.15, -0.1) is 0 Å². The van der Waals surface area contributed by atoms with Crippen molar-refractivity contribution in [2.24, 2.45) is 0 Å². The van der Waals surface area contributed by atoms with E-state index in [9.17, 15) is 25.5 Å². The van der Waals surface area contributed by atoms with Crippen molar-refractivity contribution in [3.63, 3.8) is 0 Å². The molecule has 2 aromatic rings. The summed E-state index contributed by atoms with van der Waals surface area (Å²) in [6.45, 7) is 0. The van der Waals surface area contributed by atoms with Crippen LogP contribution >= 0.6 is 0 Å². The molecule has 0 bridgehead atoms. The molecule has 1 aliphatic rings. The van der Waals surface area contributed by atoms with Crippen molar-refractivity contribution in [2.75, 3.05) is 0 Å². The molecular weight excluding hydrogens is 276 g/mol. The maximum atomic E-state index is 10.1. The smallest absolute Gasteiger partial charge is 0.175 e. The van der Waals surface area contributed by atoms with Crippen LogP contribution in [0.15, 0.2) is 42.2 Å².